The molecular weight excluding hydrogens is 211 g/mol. The number of benzene rings is 1. The van der Waals surface area contributed by atoms with Crippen molar-refractivity contribution in [2.75, 3.05) is 0 Å². The summed E-state index contributed by atoms with van der Waals surface area (Å²) in [5.74, 6) is -1.28. The monoisotopic (exact) mass is 215 g/mol. The molecule has 0 saturated carbocycles. The maximum absolute atomic E-state index is 10.1. The highest BCUT2D eigenvalue weighted by molar-refractivity contribution is 6.37. The highest BCUT2D eigenvalue weighted by Gasteiger charge is 2.00. The molecule has 0 fully saturated rings. The van der Waals surface area contributed by atoms with Gasteiger partial charge < -0.3 is 9.90 Å². The number of rotatable bonds is 2. The largest absolute Gasteiger partial charge is 0.545 e. The molecule has 0 amide bonds. The van der Waals surface area contributed by atoms with Crippen LogP contribution in [0.2, 0.25) is 10.0 Å². The molecule has 0 spiro atoms. The fourth-order valence-corrected chi connectivity index (χ4v) is 1.34. The molecule has 1 aromatic carbocycles. The molecule has 68 valence electrons. The quantitative estimate of drug-likeness (QED) is 0.706. The molecule has 0 aliphatic carbocycles. The summed E-state index contributed by atoms with van der Waals surface area (Å²) in [6, 6.07) is 4.94. The average Bonchev–Trinajstić information content (AvgIpc) is 2.03. The van der Waals surface area contributed by atoms with E-state index in [-0.39, 0.29) is 0 Å². The molecule has 0 unspecified atom stereocenters. The first-order valence-electron chi connectivity index (χ1n) is 3.44. The molecule has 0 N–H and O–H groups in total. The highest BCUT2D eigenvalue weighted by atomic mass is 35.5. The Morgan fingerprint density at radius 2 is 1.85 bits per heavy atom. The van der Waals surface area contributed by atoms with Crippen LogP contribution in [0.1, 0.15) is 5.56 Å². The minimum absolute atomic E-state index is 0.407. The molecule has 1 aromatic rings. The van der Waals surface area contributed by atoms with Crippen molar-refractivity contribution in [3.05, 3.63) is 39.9 Å². The van der Waals surface area contributed by atoms with Gasteiger partial charge in [-0.25, -0.2) is 0 Å². The van der Waals surface area contributed by atoms with Crippen LogP contribution in [0.15, 0.2) is 24.3 Å². The molecule has 0 aliphatic heterocycles. The smallest absolute Gasteiger partial charge is 0.0643 e. The Hall–Kier alpha value is -0.990. The van der Waals surface area contributed by atoms with Gasteiger partial charge >= 0.3 is 0 Å². The number of carboxylic acids is 1. The number of hydrogen-bond donors (Lipinski definition) is 0. The Kier molecular flexibility index (Phi) is 3.34. The zero-order valence-corrected chi connectivity index (χ0v) is 7.97. The first-order valence-corrected chi connectivity index (χ1v) is 4.20. The van der Waals surface area contributed by atoms with Gasteiger partial charge in [-0.15, -0.1) is 0 Å². The molecule has 2 nitrogen and oxygen atoms in total. The minimum atomic E-state index is -1.28. The summed E-state index contributed by atoms with van der Waals surface area (Å²) >= 11 is 11.5. The fourth-order valence-electron chi connectivity index (χ4n) is 0.821. The summed E-state index contributed by atoms with van der Waals surface area (Å²) in [5.41, 5.74) is 0.482. The van der Waals surface area contributed by atoms with Crippen molar-refractivity contribution < 1.29 is 9.90 Å². The number of halogens is 2. The SMILES string of the molecule is O=C([O-])C=Cc1c(Cl)cccc1Cl. The summed E-state index contributed by atoms with van der Waals surface area (Å²) in [5, 5.41) is 10.9. The zero-order chi connectivity index (χ0) is 9.84. The van der Waals surface area contributed by atoms with E-state index < -0.39 is 5.97 Å². The first kappa shape index (κ1) is 10.1. The van der Waals surface area contributed by atoms with E-state index in [9.17, 15) is 9.90 Å². The van der Waals surface area contributed by atoms with E-state index in [2.05, 4.69) is 0 Å². The van der Waals surface area contributed by atoms with Gasteiger partial charge in [0.05, 0.1) is 5.97 Å². The normalized spacial score (nSPS) is 10.6. The summed E-state index contributed by atoms with van der Waals surface area (Å²) in [4.78, 5) is 10.1. The van der Waals surface area contributed by atoms with Gasteiger partial charge in [0.1, 0.15) is 0 Å². The zero-order valence-electron chi connectivity index (χ0n) is 6.46. The second kappa shape index (κ2) is 4.30. The Morgan fingerprint density at radius 3 is 2.31 bits per heavy atom. The molecule has 4 heteroatoms. The van der Waals surface area contributed by atoms with Crippen LogP contribution in [-0.2, 0) is 4.79 Å². The number of carbonyl (C=O) groups excluding carboxylic acids is 1. The van der Waals surface area contributed by atoms with Gasteiger partial charge in [-0.1, -0.05) is 35.3 Å². The highest BCUT2D eigenvalue weighted by Crippen LogP contribution is 2.25. The number of carboxylic acid groups (broad SMARTS) is 1. The van der Waals surface area contributed by atoms with E-state index in [1.807, 2.05) is 0 Å². The Balaban J connectivity index is 3.06. The molecule has 0 aliphatic rings. The molecule has 0 atom stereocenters. The topological polar surface area (TPSA) is 40.1 Å². The summed E-state index contributed by atoms with van der Waals surface area (Å²) in [7, 11) is 0. The standard InChI is InChI=1S/C9H6Cl2O2/c10-7-2-1-3-8(11)6(7)4-5-9(12)13/h1-5H,(H,12,13)/p-1. The van der Waals surface area contributed by atoms with E-state index >= 15 is 0 Å². The van der Waals surface area contributed by atoms with Gasteiger partial charge in [-0.2, -0.15) is 0 Å². The van der Waals surface area contributed by atoms with E-state index in [0.29, 0.717) is 15.6 Å². The van der Waals surface area contributed by atoms with Crippen molar-refractivity contribution in [2.24, 2.45) is 0 Å². The molecule has 0 heterocycles. The van der Waals surface area contributed by atoms with Crippen LogP contribution in [0.5, 0.6) is 0 Å². The van der Waals surface area contributed by atoms with Crippen molar-refractivity contribution >= 4 is 35.2 Å². The Labute approximate surface area is 85.4 Å². The lowest BCUT2D eigenvalue weighted by Gasteiger charge is -2.00. The third-order valence-electron chi connectivity index (χ3n) is 1.39. The Bertz CT molecular complexity index is 338. The van der Waals surface area contributed by atoms with E-state index in [4.69, 9.17) is 23.2 Å². The van der Waals surface area contributed by atoms with Gasteiger partial charge in [0.2, 0.25) is 0 Å². The second-order valence-corrected chi connectivity index (χ2v) is 3.10. The van der Waals surface area contributed by atoms with Crippen LogP contribution in [0.3, 0.4) is 0 Å². The van der Waals surface area contributed by atoms with Crippen LogP contribution in [0.4, 0.5) is 0 Å². The summed E-state index contributed by atoms with van der Waals surface area (Å²) in [6.45, 7) is 0. The molecule has 13 heavy (non-hydrogen) atoms. The van der Waals surface area contributed by atoms with Crippen molar-refractivity contribution in [2.45, 2.75) is 0 Å². The summed E-state index contributed by atoms with van der Waals surface area (Å²) < 4.78 is 0. The van der Waals surface area contributed by atoms with Gasteiger partial charge in [0, 0.05) is 15.6 Å². The lowest BCUT2D eigenvalue weighted by atomic mass is 10.2. The van der Waals surface area contributed by atoms with Crippen molar-refractivity contribution in [1.82, 2.24) is 0 Å². The first-order chi connectivity index (χ1) is 6.11. The predicted molar refractivity (Wildman–Crippen MR) is 50.5 cm³/mol. The number of carbonyl (C=O) groups is 1. The Morgan fingerprint density at radius 1 is 1.31 bits per heavy atom. The molecule has 1 rings (SSSR count). The van der Waals surface area contributed by atoms with Crippen LogP contribution >= 0.6 is 23.2 Å². The molecule has 0 aromatic heterocycles. The minimum Gasteiger partial charge on any atom is -0.545 e. The van der Waals surface area contributed by atoms with Gasteiger partial charge in [0.15, 0.2) is 0 Å². The molecule has 0 radical (unpaired) electrons. The second-order valence-electron chi connectivity index (χ2n) is 2.29. The third-order valence-corrected chi connectivity index (χ3v) is 2.04. The van der Waals surface area contributed by atoms with Crippen molar-refractivity contribution in [1.29, 1.82) is 0 Å². The lowest BCUT2D eigenvalue weighted by Crippen LogP contribution is -2.18. The van der Waals surface area contributed by atoms with Gasteiger partial charge in [-0.05, 0) is 18.2 Å². The third kappa shape index (κ3) is 2.76. The molecule has 0 saturated heterocycles. The van der Waals surface area contributed by atoms with E-state index in [1.165, 1.54) is 6.08 Å². The number of hydrogen-bond acceptors (Lipinski definition) is 2. The maximum atomic E-state index is 10.1. The van der Waals surface area contributed by atoms with Crippen LogP contribution in [0.25, 0.3) is 6.08 Å². The fraction of sp³-hybridized carbons (Fsp3) is 0. The summed E-state index contributed by atoms with van der Waals surface area (Å²) in [6.07, 6.45) is 2.19. The lowest BCUT2D eigenvalue weighted by molar-refractivity contribution is -0.297. The predicted octanol–water partition coefficient (Wildman–Crippen LogP) is 1.76. The number of aliphatic carboxylic acids is 1. The van der Waals surface area contributed by atoms with Gasteiger partial charge in [-0.3, -0.25) is 0 Å². The average molecular weight is 216 g/mol. The van der Waals surface area contributed by atoms with Crippen molar-refractivity contribution in [3.63, 3.8) is 0 Å². The maximum Gasteiger partial charge on any atom is 0.0643 e. The van der Waals surface area contributed by atoms with Crippen LogP contribution in [0, 0.1) is 0 Å². The molecule has 0 bridgehead atoms. The van der Waals surface area contributed by atoms with Crippen molar-refractivity contribution in [3.8, 4) is 0 Å². The van der Waals surface area contributed by atoms with E-state index in [1.54, 1.807) is 18.2 Å². The molecular formula is C9H5Cl2O2-. The van der Waals surface area contributed by atoms with Crippen LogP contribution < -0.4 is 5.11 Å². The van der Waals surface area contributed by atoms with E-state index in [0.717, 1.165) is 6.08 Å². The van der Waals surface area contributed by atoms with Gasteiger partial charge in [0.25, 0.3) is 0 Å². The van der Waals surface area contributed by atoms with Crippen LogP contribution in [-0.4, -0.2) is 5.97 Å².